The van der Waals surface area contributed by atoms with Crippen LogP contribution in [-0.4, -0.2) is 40.4 Å². The number of carbonyl (C=O) groups excluding carboxylic acids is 1. The molecule has 0 saturated heterocycles. The van der Waals surface area contributed by atoms with Crippen molar-refractivity contribution in [2.45, 2.75) is 10.9 Å². The van der Waals surface area contributed by atoms with Gasteiger partial charge in [0.2, 0.25) is 0 Å². The smallest absolute Gasteiger partial charge is 0.339 e. The number of nitrogens with zero attached hydrogens (tertiary/aromatic N) is 2. The molecule has 0 saturated carbocycles. The van der Waals surface area contributed by atoms with E-state index in [1.54, 1.807) is 19.2 Å². The van der Waals surface area contributed by atoms with Crippen molar-refractivity contribution in [2.75, 3.05) is 25.1 Å². The van der Waals surface area contributed by atoms with Gasteiger partial charge in [0, 0.05) is 7.05 Å². The van der Waals surface area contributed by atoms with Gasteiger partial charge in [0.05, 0.1) is 34.2 Å². The van der Waals surface area contributed by atoms with E-state index in [4.69, 9.17) is 9.57 Å². The molecule has 9 heteroatoms. The van der Waals surface area contributed by atoms with Crippen LogP contribution in [0.5, 0.6) is 0 Å². The summed E-state index contributed by atoms with van der Waals surface area (Å²) in [4.78, 5) is 18.3. The first-order chi connectivity index (χ1) is 13.4. The standard InChI is InChI=1S/C19H19N2O6S/c1-20-18(13-8-4-3-5-9-13)17(19(22)26-2)15(27-20)12-28(25)16-11-7-6-10-14(16)21(23)24/h3-11,18,23H,12H2,1-2H3/q-1. The van der Waals surface area contributed by atoms with E-state index in [0.717, 1.165) is 5.56 Å². The summed E-state index contributed by atoms with van der Waals surface area (Å²) in [5.74, 6) is -0.569. The lowest BCUT2D eigenvalue weighted by atomic mass is 9.98. The molecule has 0 aromatic heterocycles. The minimum atomic E-state index is -1.75. The van der Waals surface area contributed by atoms with Gasteiger partial charge in [-0.15, -0.1) is 5.06 Å². The maximum Gasteiger partial charge on any atom is 0.339 e. The molecule has 2 aromatic rings. The van der Waals surface area contributed by atoms with Gasteiger partial charge in [0.25, 0.3) is 0 Å². The second-order valence-electron chi connectivity index (χ2n) is 6.01. The molecular weight excluding hydrogens is 384 g/mol. The van der Waals surface area contributed by atoms with E-state index in [1.165, 1.54) is 24.3 Å². The lowest BCUT2D eigenvalue weighted by molar-refractivity contribution is -0.137. The topological polar surface area (TPSA) is 102 Å². The maximum atomic E-state index is 12.9. The first kappa shape index (κ1) is 20.0. The third-order valence-corrected chi connectivity index (χ3v) is 5.65. The number of rotatable bonds is 6. The number of hydrogen-bond acceptors (Lipinski definition) is 8. The fourth-order valence-electron chi connectivity index (χ4n) is 3.07. The molecule has 2 atom stereocenters. The van der Waals surface area contributed by atoms with Gasteiger partial charge in [0.1, 0.15) is 17.4 Å². The molecule has 2 unspecified atom stereocenters. The Kier molecular flexibility index (Phi) is 6.10. The highest BCUT2D eigenvalue weighted by Gasteiger charge is 2.39. The van der Waals surface area contributed by atoms with Gasteiger partial charge < -0.3 is 20.0 Å². The minimum absolute atomic E-state index is 0.131. The van der Waals surface area contributed by atoms with Crippen LogP contribution in [0, 0.1) is 5.21 Å². The summed E-state index contributed by atoms with van der Waals surface area (Å²) < 4.78 is 17.8. The van der Waals surface area contributed by atoms with Crippen molar-refractivity contribution in [1.29, 1.82) is 0 Å². The van der Waals surface area contributed by atoms with Gasteiger partial charge in [-0.3, -0.25) is 9.42 Å². The van der Waals surface area contributed by atoms with Crippen molar-refractivity contribution in [1.82, 2.24) is 5.06 Å². The number of benzene rings is 2. The maximum absolute atomic E-state index is 12.9. The first-order valence-electron chi connectivity index (χ1n) is 8.34. The average molecular weight is 403 g/mol. The number of anilines is 1. The third-order valence-electron chi connectivity index (χ3n) is 4.29. The Bertz CT molecular complexity index is 916. The van der Waals surface area contributed by atoms with E-state index in [0.29, 0.717) is 0 Å². The molecule has 1 aliphatic heterocycles. The van der Waals surface area contributed by atoms with Crippen molar-refractivity contribution < 1.29 is 23.8 Å². The number of ether oxygens (including phenoxy) is 1. The Morgan fingerprint density at radius 3 is 2.54 bits per heavy atom. The normalized spacial score (nSPS) is 17.9. The van der Waals surface area contributed by atoms with Crippen LogP contribution in [0.2, 0.25) is 0 Å². The molecule has 1 heterocycles. The van der Waals surface area contributed by atoms with Crippen LogP contribution in [-0.2, 0) is 25.2 Å². The fourth-order valence-corrected chi connectivity index (χ4v) is 4.28. The molecule has 0 radical (unpaired) electrons. The van der Waals surface area contributed by atoms with Crippen LogP contribution in [0.3, 0.4) is 0 Å². The van der Waals surface area contributed by atoms with Crippen LogP contribution in [0.4, 0.5) is 5.69 Å². The van der Waals surface area contributed by atoms with E-state index in [-0.39, 0.29) is 32.9 Å². The predicted molar refractivity (Wildman–Crippen MR) is 102 cm³/mol. The van der Waals surface area contributed by atoms with Crippen molar-refractivity contribution in [3.63, 3.8) is 0 Å². The van der Waals surface area contributed by atoms with Gasteiger partial charge in [-0.1, -0.05) is 42.5 Å². The molecule has 0 fully saturated rings. The molecule has 0 amide bonds. The highest BCUT2D eigenvalue weighted by Crippen LogP contribution is 2.38. The lowest BCUT2D eigenvalue weighted by Crippen LogP contribution is -2.22. The van der Waals surface area contributed by atoms with E-state index in [2.05, 4.69) is 0 Å². The van der Waals surface area contributed by atoms with Gasteiger partial charge in [-0.05, 0) is 17.7 Å². The summed E-state index contributed by atoms with van der Waals surface area (Å²) in [5.41, 5.74) is 0.921. The van der Waals surface area contributed by atoms with Crippen molar-refractivity contribution >= 4 is 22.5 Å². The largest absolute Gasteiger partial charge is 0.733 e. The van der Waals surface area contributed by atoms with E-state index < -0.39 is 22.8 Å². The second-order valence-corrected chi connectivity index (χ2v) is 7.43. The molecule has 148 valence electrons. The zero-order chi connectivity index (χ0) is 20.3. The van der Waals surface area contributed by atoms with E-state index in [1.807, 2.05) is 30.3 Å². The average Bonchev–Trinajstić information content (AvgIpc) is 3.03. The number of esters is 1. The van der Waals surface area contributed by atoms with Gasteiger partial charge in [0.15, 0.2) is 0 Å². The fraction of sp³-hybridized carbons (Fsp3) is 0.211. The molecule has 0 spiro atoms. The van der Waals surface area contributed by atoms with E-state index in [9.17, 15) is 19.4 Å². The molecule has 28 heavy (non-hydrogen) atoms. The van der Waals surface area contributed by atoms with Crippen molar-refractivity contribution in [3.05, 3.63) is 76.7 Å². The lowest BCUT2D eigenvalue weighted by Gasteiger charge is -2.24. The number of methoxy groups -OCH3 is 1. The van der Waals surface area contributed by atoms with E-state index >= 15 is 0 Å². The molecule has 2 aromatic carbocycles. The minimum Gasteiger partial charge on any atom is -0.733 e. The summed E-state index contributed by atoms with van der Waals surface area (Å²) in [6.07, 6.45) is 0. The summed E-state index contributed by atoms with van der Waals surface area (Å²) in [5, 5.41) is 21.7. The molecular formula is C19H19N2O6S-. The van der Waals surface area contributed by atoms with Crippen molar-refractivity contribution in [2.24, 2.45) is 0 Å². The Labute approximate surface area is 164 Å². The zero-order valence-electron chi connectivity index (χ0n) is 15.3. The summed E-state index contributed by atoms with van der Waals surface area (Å²) in [7, 11) is 1.18. The summed E-state index contributed by atoms with van der Waals surface area (Å²) >= 11 is 0. The number of hydroxylamine groups is 2. The Morgan fingerprint density at radius 1 is 1.25 bits per heavy atom. The van der Waals surface area contributed by atoms with Gasteiger partial charge in [-0.25, -0.2) is 4.79 Å². The molecule has 8 nitrogen and oxygen atoms in total. The molecule has 0 aliphatic carbocycles. The van der Waals surface area contributed by atoms with Crippen LogP contribution < -0.4 is 5.23 Å². The third kappa shape index (κ3) is 3.92. The Morgan fingerprint density at radius 2 is 1.89 bits per heavy atom. The SMILES string of the molecule is COC(=O)C1=C(CS(=O)c2ccccc2N([O-])O)ON(C)C1c1ccccc1. The van der Waals surface area contributed by atoms with Crippen LogP contribution in [0.1, 0.15) is 11.6 Å². The number of carbonyl (C=O) groups is 1. The van der Waals surface area contributed by atoms with Crippen LogP contribution in [0.25, 0.3) is 0 Å². The molecule has 0 bridgehead atoms. The first-order valence-corrected chi connectivity index (χ1v) is 9.66. The number of likely N-dealkylation sites (N-methyl/N-ethyl adjacent to an activating group) is 1. The highest BCUT2D eigenvalue weighted by molar-refractivity contribution is 7.85. The Balaban J connectivity index is 1.99. The summed E-state index contributed by atoms with van der Waals surface area (Å²) in [6, 6.07) is 14.7. The number of para-hydroxylation sites is 1. The Hall–Kier alpha value is -2.72. The zero-order valence-corrected chi connectivity index (χ0v) is 16.1. The molecule has 1 N–H and O–H groups in total. The highest BCUT2D eigenvalue weighted by atomic mass is 32.2. The van der Waals surface area contributed by atoms with Gasteiger partial charge >= 0.3 is 5.97 Å². The quantitative estimate of drug-likeness (QED) is 0.580. The monoisotopic (exact) mass is 403 g/mol. The second kappa shape index (κ2) is 8.53. The molecule has 3 rings (SSSR count). The predicted octanol–water partition coefficient (Wildman–Crippen LogP) is 2.53. The summed E-state index contributed by atoms with van der Waals surface area (Å²) in [6.45, 7) is 0. The van der Waals surface area contributed by atoms with Crippen LogP contribution in [0.15, 0.2) is 70.8 Å². The van der Waals surface area contributed by atoms with Gasteiger partial charge in [-0.2, -0.15) is 0 Å². The van der Waals surface area contributed by atoms with Crippen LogP contribution >= 0.6 is 0 Å². The molecule has 1 aliphatic rings. The van der Waals surface area contributed by atoms with Crippen molar-refractivity contribution in [3.8, 4) is 0 Å². The number of hydrogen-bond donors (Lipinski definition) is 1.